The molecule has 0 amide bonds. The number of aliphatic hydroxyl groups is 1. The van der Waals surface area contributed by atoms with Crippen LogP contribution in [-0.2, 0) is 19.1 Å². The lowest BCUT2D eigenvalue weighted by atomic mass is 10.1. The third-order valence-corrected chi connectivity index (χ3v) is 11.7. The van der Waals surface area contributed by atoms with Gasteiger partial charge in [0.1, 0.15) is 6.61 Å². The summed E-state index contributed by atoms with van der Waals surface area (Å²) in [5.41, 5.74) is 0. The molecule has 0 heterocycles. The first-order valence-electron chi connectivity index (χ1n) is 28.1. The number of unbranched alkanes of at least 4 members (excludes halogenated alkanes) is 22. The Morgan fingerprint density at radius 1 is 0.353 bits per heavy atom. The largest absolute Gasteiger partial charge is 0.462 e. The van der Waals surface area contributed by atoms with E-state index in [0.29, 0.717) is 12.8 Å². The van der Waals surface area contributed by atoms with Crippen LogP contribution < -0.4 is 0 Å². The first-order chi connectivity index (χ1) is 33.6. The molecule has 0 saturated heterocycles. The van der Waals surface area contributed by atoms with Crippen LogP contribution in [0, 0.1) is 0 Å². The van der Waals surface area contributed by atoms with Gasteiger partial charge in [0.2, 0.25) is 0 Å². The van der Waals surface area contributed by atoms with Gasteiger partial charge in [-0.1, -0.05) is 245 Å². The Balaban J connectivity index is 3.58. The van der Waals surface area contributed by atoms with Gasteiger partial charge in [0, 0.05) is 12.8 Å². The number of esters is 2. The van der Waals surface area contributed by atoms with Crippen LogP contribution in [0.3, 0.4) is 0 Å². The molecule has 5 heteroatoms. The third-order valence-electron chi connectivity index (χ3n) is 11.7. The van der Waals surface area contributed by atoms with Gasteiger partial charge in [0.25, 0.3) is 0 Å². The Morgan fingerprint density at radius 2 is 0.632 bits per heavy atom. The van der Waals surface area contributed by atoms with Crippen LogP contribution >= 0.6 is 0 Å². The molecule has 0 aromatic heterocycles. The highest BCUT2D eigenvalue weighted by Crippen LogP contribution is 2.14. The van der Waals surface area contributed by atoms with E-state index in [2.05, 4.69) is 135 Å². The summed E-state index contributed by atoms with van der Waals surface area (Å²) in [7, 11) is 0. The van der Waals surface area contributed by atoms with Crippen molar-refractivity contribution in [1.29, 1.82) is 0 Å². The predicted molar refractivity (Wildman–Crippen MR) is 297 cm³/mol. The zero-order valence-electron chi connectivity index (χ0n) is 44.1. The molecule has 0 aromatic rings. The number of allylic oxidation sites excluding steroid dienone is 20. The van der Waals surface area contributed by atoms with Crippen molar-refractivity contribution < 1.29 is 24.2 Å². The molecule has 0 aliphatic carbocycles. The molecule has 68 heavy (non-hydrogen) atoms. The molecule has 0 aliphatic rings. The van der Waals surface area contributed by atoms with Crippen molar-refractivity contribution in [2.45, 2.75) is 251 Å². The van der Waals surface area contributed by atoms with Crippen LogP contribution in [0.2, 0.25) is 0 Å². The summed E-state index contributed by atoms with van der Waals surface area (Å²) in [6, 6.07) is 0. The third kappa shape index (κ3) is 54.9. The van der Waals surface area contributed by atoms with E-state index >= 15 is 0 Å². The fourth-order valence-corrected chi connectivity index (χ4v) is 7.54. The van der Waals surface area contributed by atoms with Gasteiger partial charge < -0.3 is 14.6 Å². The van der Waals surface area contributed by atoms with Gasteiger partial charge in [0.15, 0.2) is 6.10 Å². The van der Waals surface area contributed by atoms with Gasteiger partial charge in [-0.3, -0.25) is 9.59 Å². The van der Waals surface area contributed by atoms with Crippen LogP contribution in [-0.4, -0.2) is 36.4 Å². The highest BCUT2D eigenvalue weighted by Gasteiger charge is 2.16. The minimum absolute atomic E-state index is 0.0788. The van der Waals surface area contributed by atoms with Crippen molar-refractivity contribution in [3.05, 3.63) is 122 Å². The zero-order chi connectivity index (χ0) is 49.2. The molecule has 0 rings (SSSR count). The van der Waals surface area contributed by atoms with E-state index in [0.717, 1.165) is 103 Å². The van der Waals surface area contributed by atoms with Crippen LogP contribution in [0.4, 0.5) is 0 Å². The Kier molecular flexibility index (Phi) is 54.5. The van der Waals surface area contributed by atoms with E-state index in [1.807, 2.05) is 0 Å². The van der Waals surface area contributed by atoms with Crippen molar-refractivity contribution in [3.8, 4) is 0 Å². The van der Waals surface area contributed by atoms with Crippen LogP contribution in [0.1, 0.15) is 245 Å². The zero-order valence-corrected chi connectivity index (χ0v) is 44.1. The summed E-state index contributed by atoms with van der Waals surface area (Å²) in [6.45, 7) is 4.01. The van der Waals surface area contributed by atoms with Gasteiger partial charge in [0.05, 0.1) is 6.61 Å². The smallest absolute Gasteiger partial charge is 0.306 e. The number of hydrogen-bond acceptors (Lipinski definition) is 5. The van der Waals surface area contributed by atoms with E-state index < -0.39 is 6.10 Å². The molecule has 5 nitrogen and oxygen atoms in total. The standard InChI is InChI=1S/C63H104O5/c1-3-5-7-9-11-13-15-17-19-21-23-25-27-28-29-30-31-32-33-34-36-38-40-42-44-46-48-50-52-54-56-58-63(66)68-61(59-64)60-67-62(65)57-55-53-51-49-47-45-43-41-39-37-35-26-24-22-20-18-16-14-12-10-8-6-4-2/h5,7,11,13,16-19,22-25,28-29,31-32,34-37,61,64H,3-4,6,8-10,12,14-15,20-21,26-27,30,33,38-60H2,1-2H3/b7-5-,13-11-,18-16-,19-17-,24-22-,25-23-,29-28-,32-31-,36-34-,37-35-. The Hall–Kier alpha value is -3.70. The molecular weight excluding hydrogens is 837 g/mol. The molecule has 0 radical (unpaired) electrons. The summed E-state index contributed by atoms with van der Waals surface area (Å²) in [4.78, 5) is 24.5. The second-order valence-electron chi connectivity index (χ2n) is 18.3. The molecule has 0 saturated carbocycles. The predicted octanol–water partition coefficient (Wildman–Crippen LogP) is 19.1. The highest BCUT2D eigenvalue weighted by molar-refractivity contribution is 5.70. The topological polar surface area (TPSA) is 72.8 Å². The first-order valence-corrected chi connectivity index (χ1v) is 28.1. The summed E-state index contributed by atoms with van der Waals surface area (Å²) in [6.07, 6.45) is 84.4. The molecule has 1 unspecified atom stereocenters. The second kappa shape index (κ2) is 57.6. The Morgan fingerprint density at radius 3 is 0.956 bits per heavy atom. The minimum atomic E-state index is -0.788. The summed E-state index contributed by atoms with van der Waals surface area (Å²) >= 11 is 0. The van der Waals surface area contributed by atoms with Crippen molar-refractivity contribution in [1.82, 2.24) is 0 Å². The highest BCUT2D eigenvalue weighted by atomic mass is 16.6. The Bertz CT molecular complexity index is 1390. The van der Waals surface area contributed by atoms with E-state index in [1.165, 1.54) is 116 Å². The van der Waals surface area contributed by atoms with E-state index in [4.69, 9.17) is 9.47 Å². The van der Waals surface area contributed by atoms with Crippen molar-refractivity contribution in [2.24, 2.45) is 0 Å². The average Bonchev–Trinajstić information content (AvgIpc) is 3.34. The van der Waals surface area contributed by atoms with E-state index in [1.54, 1.807) is 0 Å². The normalized spacial score (nSPS) is 13.2. The van der Waals surface area contributed by atoms with Crippen molar-refractivity contribution in [2.75, 3.05) is 13.2 Å². The average molecular weight is 942 g/mol. The number of rotatable bonds is 50. The van der Waals surface area contributed by atoms with E-state index in [-0.39, 0.29) is 25.2 Å². The lowest BCUT2D eigenvalue weighted by molar-refractivity contribution is -0.161. The van der Waals surface area contributed by atoms with E-state index in [9.17, 15) is 14.7 Å². The van der Waals surface area contributed by atoms with Gasteiger partial charge in [-0.15, -0.1) is 0 Å². The molecule has 1 atom stereocenters. The summed E-state index contributed by atoms with van der Waals surface area (Å²) < 4.78 is 10.7. The lowest BCUT2D eigenvalue weighted by Gasteiger charge is -2.15. The lowest BCUT2D eigenvalue weighted by Crippen LogP contribution is -2.28. The molecule has 0 fully saturated rings. The van der Waals surface area contributed by atoms with Crippen LogP contribution in [0.15, 0.2) is 122 Å². The SMILES string of the molecule is CC/C=C\C/C=C\C/C=C\C/C=C\C/C=C\C/C=C\C/C=C\CCCCCCCCCCCC(=O)OC(CO)COC(=O)CCCCCCCCCC/C=C\C/C=C\C/C=C\CCCCCCC. The monoisotopic (exact) mass is 941 g/mol. The maximum absolute atomic E-state index is 12.3. The van der Waals surface area contributed by atoms with Crippen molar-refractivity contribution in [3.63, 3.8) is 0 Å². The van der Waals surface area contributed by atoms with Crippen LogP contribution in [0.25, 0.3) is 0 Å². The van der Waals surface area contributed by atoms with Gasteiger partial charge in [-0.25, -0.2) is 0 Å². The van der Waals surface area contributed by atoms with Gasteiger partial charge >= 0.3 is 11.9 Å². The molecule has 0 spiro atoms. The summed E-state index contributed by atoms with van der Waals surface area (Å²) in [5, 5.41) is 9.65. The maximum Gasteiger partial charge on any atom is 0.306 e. The van der Waals surface area contributed by atoms with Crippen molar-refractivity contribution >= 4 is 11.9 Å². The fourth-order valence-electron chi connectivity index (χ4n) is 7.54. The van der Waals surface area contributed by atoms with Crippen LogP contribution in [0.5, 0.6) is 0 Å². The fraction of sp³-hybridized carbons (Fsp3) is 0.651. The molecule has 0 aromatic carbocycles. The van der Waals surface area contributed by atoms with Gasteiger partial charge in [-0.05, 0) is 109 Å². The molecular formula is C63H104O5. The number of carbonyl (C=O) groups is 2. The molecule has 1 N–H and O–H groups in total. The number of ether oxygens (including phenoxy) is 2. The molecule has 0 aliphatic heterocycles. The quantitative estimate of drug-likeness (QED) is 0.0374. The second-order valence-corrected chi connectivity index (χ2v) is 18.3. The molecule has 0 bridgehead atoms. The number of aliphatic hydroxyl groups excluding tert-OH is 1. The molecule has 386 valence electrons. The number of carbonyl (C=O) groups excluding carboxylic acids is 2. The minimum Gasteiger partial charge on any atom is -0.462 e. The summed E-state index contributed by atoms with van der Waals surface area (Å²) in [5.74, 6) is -0.610. The van der Waals surface area contributed by atoms with Gasteiger partial charge in [-0.2, -0.15) is 0 Å². The Labute approximate surface area is 420 Å². The maximum atomic E-state index is 12.3. The number of hydrogen-bond donors (Lipinski definition) is 1. The first kappa shape index (κ1) is 64.3.